The van der Waals surface area contributed by atoms with Crippen LogP contribution in [-0.4, -0.2) is 18.0 Å². The number of H-pyrrole nitrogens is 1. The molecule has 2 N–H and O–H groups in total. The van der Waals surface area contributed by atoms with Crippen molar-refractivity contribution in [1.82, 2.24) is 10.3 Å². The molecule has 0 aliphatic carbocycles. The summed E-state index contributed by atoms with van der Waals surface area (Å²) in [6.45, 7) is 0.400. The second-order valence-corrected chi connectivity index (χ2v) is 4.76. The third-order valence-corrected chi connectivity index (χ3v) is 3.37. The van der Waals surface area contributed by atoms with Crippen LogP contribution in [0.3, 0.4) is 0 Å². The van der Waals surface area contributed by atoms with Crippen molar-refractivity contribution in [3.63, 3.8) is 0 Å². The Balaban J connectivity index is 1.70. The van der Waals surface area contributed by atoms with Crippen LogP contribution in [0.2, 0.25) is 0 Å². The first-order chi connectivity index (χ1) is 10.3. The van der Waals surface area contributed by atoms with Gasteiger partial charge >= 0.3 is 0 Å². The highest BCUT2D eigenvalue weighted by atomic mass is 16.5. The Kier molecular flexibility index (Phi) is 3.64. The van der Waals surface area contributed by atoms with Crippen LogP contribution in [0, 0.1) is 0 Å². The maximum absolute atomic E-state index is 12.0. The van der Waals surface area contributed by atoms with Crippen LogP contribution in [0.5, 0.6) is 5.75 Å². The van der Waals surface area contributed by atoms with E-state index in [0.717, 1.165) is 28.0 Å². The zero-order chi connectivity index (χ0) is 14.7. The third-order valence-electron chi connectivity index (χ3n) is 3.37. The zero-order valence-corrected chi connectivity index (χ0v) is 11.7. The van der Waals surface area contributed by atoms with Gasteiger partial charge in [0.1, 0.15) is 11.5 Å². The number of nitrogens with one attached hydrogen (secondary N) is 2. The van der Waals surface area contributed by atoms with Crippen LogP contribution in [0.1, 0.15) is 11.3 Å². The van der Waals surface area contributed by atoms with Crippen LogP contribution in [-0.2, 0) is 17.8 Å². The van der Waals surface area contributed by atoms with Crippen molar-refractivity contribution in [2.24, 2.45) is 0 Å². The van der Waals surface area contributed by atoms with Gasteiger partial charge in [0.05, 0.1) is 26.3 Å². The monoisotopic (exact) mass is 284 g/mol. The molecule has 0 fully saturated rings. The fraction of sp³-hybridized carbons (Fsp3) is 0.188. The lowest BCUT2D eigenvalue weighted by atomic mass is 10.1. The molecular formula is C16H16N2O3. The lowest BCUT2D eigenvalue weighted by molar-refractivity contribution is -0.120. The third kappa shape index (κ3) is 2.91. The zero-order valence-electron chi connectivity index (χ0n) is 11.7. The smallest absolute Gasteiger partial charge is 0.224 e. The fourth-order valence-electron chi connectivity index (χ4n) is 2.27. The summed E-state index contributed by atoms with van der Waals surface area (Å²) in [4.78, 5) is 15.2. The van der Waals surface area contributed by atoms with E-state index in [9.17, 15) is 4.79 Å². The van der Waals surface area contributed by atoms with Gasteiger partial charge in [-0.25, -0.2) is 0 Å². The molecular weight excluding hydrogens is 268 g/mol. The molecule has 0 aliphatic rings. The van der Waals surface area contributed by atoms with Gasteiger partial charge in [0, 0.05) is 17.1 Å². The molecule has 5 heteroatoms. The first-order valence-corrected chi connectivity index (χ1v) is 6.69. The van der Waals surface area contributed by atoms with Crippen LogP contribution >= 0.6 is 0 Å². The minimum Gasteiger partial charge on any atom is -0.497 e. The summed E-state index contributed by atoms with van der Waals surface area (Å²) in [5.74, 6) is 1.47. The molecule has 5 nitrogen and oxygen atoms in total. The molecule has 0 bridgehead atoms. The first-order valence-electron chi connectivity index (χ1n) is 6.69. The van der Waals surface area contributed by atoms with Crippen molar-refractivity contribution in [3.8, 4) is 5.75 Å². The molecule has 0 spiro atoms. The Morgan fingerprint density at radius 3 is 3.05 bits per heavy atom. The van der Waals surface area contributed by atoms with Crippen molar-refractivity contribution < 1.29 is 13.9 Å². The number of aromatic amines is 1. The Morgan fingerprint density at radius 2 is 2.29 bits per heavy atom. The summed E-state index contributed by atoms with van der Waals surface area (Å²) >= 11 is 0. The van der Waals surface area contributed by atoms with E-state index in [4.69, 9.17) is 9.15 Å². The molecule has 1 amide bonds. The number of carbonyl (C=O) groups is 1. The lowest BCUT2D eigenvalue weighted by Gasteiger charge is -2.04. The SMILES string of the molecule is COc1ccc2[nH]cc(CC(=O)NCc3ccco3)c2c1. The predicted molar refractivity (Wildman–Crippen MR) is 79.1 cm³/mol. The minimum absolute atomic E-state index is 0.0462. The normalized spacial score (nSPS) is 10.7. The molecule has 108 valence electrons. The van der Waals surface area contributed by atoms with Gasteiger partial charge in [-0.2, -0.15) is 0 Å². The molecule has 3 rings (SSSR count). The highest BCUT2D eigenvalue weighted by Gasteiger charge is 2.10. The second-order valence-electron chi connectivity index (χ2n) is 4.76. The summed E-state index contributed by atoms with van der Waals surface area (Å²) in [7, 11) is 1.63. The minimum atomic E-state index is -0.0462. The number of ether oxygens (including phenoxy) is 1. The van der Waals surface area contributed by atoms with Crippen LogP contribution < -0.4 is 10.1 Å². The van der Waals surface area contributed by atoms with Gasteiger partial charge in [-0.15, -0.1) is 0 Å². The van der Waals surface area contributed by atoms with Crippen molar-refractivity contribution in [1.29, 1.82) is 0 Å². The van der Waals surface area contributed by atoms with Gasteiger partial charge in [0.2, 0.25) is 5.91 Å². The number of aromatic nitrogens is 1. The summed E-state index contributed by atoms with van der Waals surface area (Å²) in [5.41, 5.74) is 1.94. The van der Waals surface area contributed by atoms with E-state index in [1.807, 2.05) is 30.5 Å². The highest BCUT2D eigenvalue weighted by molar-refractivity contribution is 5.89. The number of benzene rings is 1. The van der Waals surface area contributed by atoms with E-state index < -0.39 is 0 Å². The average molecular weight is 284 g/mol. The molecule has 2 heterocycles. The largest absolute Gasteiger partial charge is 0.497 e. The molecule has 0 radical (unpaired) electrons. The quantitative estimate of drug-likeness (QED) is 0.757. The topological polar surface area (TPSA) is 67.3 Å². The van der Waals surface area contributed by atoms with Gasteiger partial charge in [0.25, 0.3) is 0 Å². The second kappa shape index (κ2) is 5.75. The summed E-state index contributed by atoms with van der Waals surface area (Å²) < 4.78 is 10.4. The molecule has 0 unspecified atom stereocenters. The molecule has 0 aliphatic heterocycles. The summed E-state index contributed by atoms with van der Waals surface area (Å²) in [5, 5.41) is 3.84. The van der Waals surface area contributed by atoms with Crippen molar-refractivity contribution in [2.75, 3.05) is 7.11 Å². The van der Waals surface area contributed by atoms with Crippen LogP contribution in [0.25, 0.3) is 10.9 Å². The number of furan rings is 1. The van der Waals surface area contributed by atoms with Crippen molar-refractivity contribution >= 4 is 16.8 Å². The molecule has 3 aromatic rings. The van der Waals surface area contributed by atoms with E-state index in [-0.39, 0.29) is 5.91 Å². The van der Waals surface area contributed by atoms with E-state index in [0.29, 0.717) is 13.0 Å². The van der Waals surface area contributed by atoms with Crippen LogP contribution in [0.15, 0.2) is 47.2 Å². The number of fused-ring (bicyclic) bond motifs is 1. The van der Waals surface area contributed by atoms with Gasteiger partial charge in [-0.3, -0.25) is 4.79 Å². The molecule has 1 aromatic carbocycles. The predicted octanol–water partition coefficient (Wildman–Crippen LogP) is 2.63. The fourth-order valence-corrected chi connectivity index (χ4v) is 2.27. The van der Waals surface area contributed by atoms with Gasteiger partial charge in [-0.05, 0) is 35.9 Å². The van der Waals surface area contributed by atoms with Crippen molar-refractivity contribution in [3.05, 3.63) is 54.1 Å². The summed E-state index contributed by atoms with van der Waals surface area (Å²) in [6, 6.07) is 9.39. The molecule has 0 saturated heterocycles. The van der Waals surface area contributed by atoms with Crippen LogP contribution in [0.4, 0.5) is 0 Å². The number of rotatable bonds is 5. The Bertz CT molecular complexity index is 744. The maximum atomic E-state index is 12.0. The number of carbonyl (C=O) groups excluding carboxylic acids is 1. The van der Waals surface area contributed by atoms with E-state index >= 15 is 0 Å². The summed E-state index contributed by atoms with van der Waals surface area (Å²) in [6.07, 6.45) is 3.76. The van der Waals surface area contributed by atoms with Gasteiger partial charge in [-0.1, -0.05) is 0 Å². The standard InChI is InChI=1S/C16H16N2O3/c1-20-12-4-5-15-14(8-12)11(9-17-15)7-16(19)18-10-13-3-2-6-21-13/h2-6,8-9,17H,7,10H2,1H3,(H,18,19). The number of amides is 1. The first kappa shape index (κ1) is 13.3. The van der Waals surface area contributed by atoms with Gasteiger partial charge < -0.3 is 19.5 Å². The molecule has 0 atom stereocenters. The van der Waals surface area contributed by atoms with Gasteiger partial charge in [0.15, 0.2) is 0 Å². The highest BCUT2D eigenvalue weighted by Crippen LogP contribution is 2.23. The molecule has 21 heavy (non-hydrogen) atoms. The number of hydrogen-bond acceptors (Lipinski definition) is 3. The Hall–Kier alpha value is -2.69. The average Bonchev–Trinajstić information content (AvgIpc) is 3.15. The van der Waals surface area contributed by atoms with E-state index in [1.54, 1.807) is 19.4 Å². The number of methoxy groups -OCH3 is 1. The number of hydrogen-bond donors (Lipinski definition) is 2. The lowest BCUT2D eigenvalue weighted by Crippen LogP contribution is -2.24. The maximum Gasteiger partial charge on any atom is 0.224 e. The molecule has 0 saturated carbocycles. The van der Waals surface area contributed by atoms with E-state index in [2.05, 4.69) is 10.3 Å². The Morgan fingerprint density at radius 1 is 1.38 bits per heavy atom. The van der Waals surface area contributed by atoms with Crippen molar-refractivity contribution in [2.45, 2.75) is 13.0 Å². The van der Waals surface area contributed by atoms with E-state index in [1.165, 1.54) is 0 Å². The Labute approximate surface area is 121 Å². The molecule has 2 aromatic heterocycles.